The first-order chi connectivity index (χ1) is 14.2. The van der Waals surface area contributed by atoms with Gasteiger partial charge in [-0.15, -0.1) is 0 Å². The fourth-order valence-electron chi connectivity index (χ4n) is 7.59. The molecular formula is C28H42O2. The molecule has 3 atom stereocenters. The molecule has 0 heterocycles. The van der Waals surface area contributed by atoms with Crippen molar-refractivity contribution >= 4 is 5.97 Å². The quantitative estimate of drug-likeness (QED) is 0.414. The maximum Gasteiger partial charge on any atom is 0.312 e. The molecule has 3 unspecified atom stereocenters. The van der Waals surface area contributed by atoms with Crippen molar-refractivity contribution in [3.8, 4) is 0 Å². The minimum Gasteiger partial charge on any atom is -0.458 e. The van der Waals surface area contributed by atoms with E-state index in [-0.39, 0.29) is 17.0 Å². The minimum absolute atomic E-state index is 0.0351. The third kappa shape index (κ3) is 3.73. The van der Waals surface area contributed by atoms with E-state index in [0.29, 0.717) is 5.92 Å². The summed E-state index contributed by atoms with van der Waals surface area (Å²) in [5, 5.41) is 0. The van der Waals surface area contributed by atoms with Crippen LogP contribution in [0, 0.1) is 28.6 Å². The summed E-state index contributed by atoms with van der Waals surface area (Å²) in [6.45, 7) is 11.0. The lowest BCUT2D eigenvalue weighted by molar-refractivity contribution is -0.213. The Labute approximate surface area is 184 Å². The van der Waals surface area contributed by atoms with Gasteiger partial charge in [0, 0.05) is 5.41 Å². The zero-order chi connectivity index (χ0) is 21.6. The molecule has 0 spiro atoms. The molecule has 166 valence electrons. The molecule has 5 rings (SSSR count). The Hall–Kier alpha value is -1.31. The van der Waals surface area contributed by atoms with Gasteiger partial charge in [-0.05, 0) is 101 Å². The van der Waals surface area contributed by atoms with Crippen molar-refractivity contribution in [1.82, 2.24) is 0 Å². The Morgan fingerprint density at radius 3 is 2.00 bits per heavy atom. The number of hydrogen-bond acceptors (Lipinski definition) is 2. The largest absolute Gasteiger partial charge is 0.458 e. The Kier molecular flexibility index (Phi) is 5.83. The number of hydrogen-bond donors (Lipinski definition) is 0. The molecule has 0 N–H and O–H groups in total. The second-order valence-corrected chi connectivity index (χ2v) is 11.6. The lowest BCUT2D eigenvalue weighted by Gasteiger charge is -2.62. The molecule has 4 aliphatic rings. The first kappa shape index (κ1) is 21.9. The van der Waals surface area contributed by atoms with Gasteiger partial charge in [0.15, 0.2) is 0 Å². The zero-order valence-corrected chi connectivity index (χ0v) is 19.9. The van der Waals surface area contributed by atoms with Crippen LogP contribution in [0.3, 0.4) is 0 Å². The zero-order valence-electron chi connectivity index (χ0n) is 19.9. The van der Waals surface area contributed by atoms with Crippen LogP contribution < -0.4 is 0 Å². The average Bonchev–Trinajstić information content (AvgIpc) is 2.73. The number of esters is 1. The van der Waals surface area contributed by atoms with Crippen LogP contribution in [0.1, 0.15) is 104 Å². The number of ether oxygens (including phenoxy) is 1. The second kappa shape index (κ2) is 7.99. The van der Waals surface area contributed by atoms with E-state index in [0.717, 1.165) is 37.0 Å². The molecule has 1 aromatic carbocycles. The first-order valence-corrected chi connectivity index (χ1v) is 12.5. The normalized spacial score (nSPS) is 34.8. The molecule has 0 aromatic heterocycles. The van der Waals surface area contributed by atoms with Gasteiger partial charge in [0.1, 0.15) is 5.60 Å². The predicted octanol–water partition coefficient (Wildman–Crippen LogP) is 7.52. The fourth-order valence-corrected chi connectivity index (χ4v) is 7.59. The third-order valence-corrected chi connectivity index (χ3v) is 9.55. The van der Waals surface area contributed by atoms with E-state index in [4.69, 9.17) is 4.74 Å². The number of rotatable bonds is 8. The highest BCUT2D eigenvalue weighted by molar-refractivity contribution is 5.77. The average molecular weight is 411 g/mol. The minimum atomic E-state index is -0.437. The summed E-state index contributed by atoms with van der Waals surface area (Å²) in [6.07, 6.45) is 10.7. The van der Waals surface area contributed by atoms with Crippen molar-refractivity contribution in [3.63, 3.8) is 0 Å². The number of carbonyl (C=O) groups is 1. The first-order valence-electron chi connectivity index (χ1n) is 12.5. The van der Waals surface area contributed by atoms with E-state index in [1.807, 2.05) is 0 Å². The van der Waals surface area contributed by atoms with E-state index in [1.54, 1.807) is 0 Å². The molecule has 0 amide bonds. The van der Waals surface area contributed by atoms with Crippen molar-refractivity contribution < 1.29 is 9.53 Å². The molecule has 0 saturated heterocycles. The Morgan fingerprint density at radius 1 is 1.00 bits per heavy atom. The number of carbonyl (C=O) groups excluding carboxylic acids is 1. The summed E-state index contributed by atoms with van der Waals surface area (Å²) in [6, 6.07) is 10.6. The van der Waals surface area contributed by atoms with Gasteiger partial charge in [0.25, 0.3) is 0 Å². The number of benzene rings is 1. The highest BCUT2D eigenvalue weighted by Gasteiger charge is 2.60. The molecule has 2 heteroatoms. The summed E-state index contributed by atoms with van der Waals surface area (Å²) in [4.78, 5) is 13.7. The van der Waals surface area contributed by atoms with Gasteiger partial charge in [-0.2, -0.15) is 0 Å². The van der Waals surface area contributed by atoms with Crippen LogP contribution in [-0.2, 0) is 9.53 Å². The summed E-state index contributed by atoms with van der Waals surface area (Å²) in [7, 11) is 0. The topological polar surface area (TPSA) is 26.3 Å². The molecule has 1 aromatic rings. The van der Waals surface area contributed by atoms with Crippen molar-refractivity contribution in [2.24, 2.45) is 28.6 Å². The van der Waals surface area contributed by atoms with Crippen molar-refractivity contribution in [2.45, 2.75) is 104 Å². The van der Waals surface area contributed by atoms with E-state index < -0.39 is 5.41 Å². The van der Waals surface area contributed by atoms with E-state index in [2.05, 4.69) is 65.0 Å². The predicted molar refractivity (Wildman–Crippen MR) is 123 cm³/mol. The second-order valence-electron chi connectivity index (χ2n) is 11.6. The maximum absolute atomic E-state index is 13.7. The Bertz CT molecular complexity index is 718. The molecule has 4 fully saturated rings. The van der Waals surface area contributed by atoms with Gasteiger partial charge >= 0.3 is 5.97 Å². The van der Waals surface area contributed by atoms with Crippen LogP contribution in [0.15, 0.2) is 30.3 Å². The van der Waals surface area contributed by atoms with Gasteiger partial charge in [-0.25, -0.2) is 0 Å². The Balaban J connectivity index is 1.52. The molecule has 4 aliphatic carbocycles. The van der Waals surface area contributed by atoms with E-state index in [9.17, 15) is 4.79 Å². The van der Waals surface area contributed by atoms with Crippen molar-refractivity contribution in [3.05, 3.63) is 35.9 Å². The van der Waals surface area contributed by atoms with E-state index >= 15 is 0 Å². The Morgan fingerprint density at radius 2 is 1.53 bits per heavy atom. The van der Waals surface area contributed by atoms with Gasteiger partial charge < -0.3 is 4.74 Å². The highest BCUT2D eigenvalue weighted by Crippen LogP contribution is 2.65. The van der Waals surface area contributed by atoms with Gasteiger partial charge in [0.2, 0.25) is 0 Å². The van der Waals surface area contributed by atoms with Gasteiger partial charge in [0.05, 0.1) is 5.41 Å². The van der Waals surface area contributed by atoms with Crippen LogP contribution in [0.2, 0.25) is 0 Å². The highest BCUT2D eigenvalue weighted by atomic mass is 16.6. The molecule has 4 bridgehead atoms. The van der Waals surface area contributed by atoms with Gasteiger partial charge in [-0.1, -0.05) is 51.1 Å². The molecule has 0 radical (unpaired) electrons. The molecule has 4 saturated carbocycles. The lowest BCUT2D eigenvalue weighted by Crippen LogP contribution is -2.59. The van der Waals surface area contributed by atoms with Crippen molar-refractivity contribution in [1.29, 1.82) is 0 Å². The van der Waals surface area contributed by atoms with Gasteiger partial charge in [-0.3, -0.25) is 4.79 Å². The standard InChI is InChI=1S/C28H42O2/c1-6-26(4,16-20(3)24-11-9-8-10-12-24)25(29)30-27(5,7-2)28-17-21-13-22(18-28)15-23(14-21)19-28/h8-12,20-23H,6-7,13-19H2,1-5H3. The van der Waals surface area contributed by atoms with E-state index in [1.165, 1.54) is 44.1 Å². The monoisotopic (exact) mass is 410 g/mol. The molecule has 30 heavy (non-hydrogen) atoms. The van der Waals surface area contributed by atoms with Crippen LogP contribution in [0.4, 0.5) is 0 Å². The third-order valence-electron chi connectivity index (χ3n) is 9.55. The SMILES string of the molecule is CCC(C)(CC(C)c1ccccc1)C(=O)OC(C)(CC)C12CC3CC(CC(C3)C1)C2. The van der Waals surface area contributed by atoms with Crippen LogP contribution >= 0.6 is 0 Å². The maximum atomic E-state index is 13.7. The lowest BCUT2D eigenvalue weighted by atomic mass is 9.45. The van der Waals surface area contributed by atoms with Crippen LogP contribution in [-0.4, -0.2) is 11.6 Å². The summed E-state index contributed by atoms with van der Waals surface area (Å²) in [5.74, 6) is 2.99. The summed E-state index contributed by atoms with van der Waals surface area (Å²) < 4.78 is 6.63. The van der Waals surface area contributed by atoms with Crippen LogP contribution in [0.5, 0.6) is 0 Å². The van der Waals surface area contributed by atoms with Crippen LogP contribution in [0.25, 0.3) is 0 Å². The molecular weight excluding hydrogens is 368 g/mol. The molecule has 2 nitrogen and oxygen atoms in total. The summed E-state index contributed by atoms with van der Waals surface area (Å²) >= 11 is 0. The smallest absolute Gasteiger partial charge is 0.312 e. The fraction of sp³-hybridized carbons (Fsp3) is 0.750. The molecule has 0 aliphatic heterocycles. The van der Waals surface area contributed by atoms with Crippen molar-refractivity contribution in [2.75, 3.05) is 0 Å². The summed E-state index contributed by atoms with van der Waals surface area (Å²) in [5.41, 5.74) is 0.760.